The maximum atomic E-state index is 12.9. The summed E-state index contributed by atoms with van der Waals surface area (Å²) in [5.74, 6) is 0.604. The molecule has 0 saturated carbocycles. The highest BCUT2D eigenvalue weighted by molar-refractivity contribution is 9.09. The molecule has 0 N–H and O–H groups in total. The fourth-order valence-electron chi connectivity index (χ4n) is 2.04. The number of halogens is 2. The molecule has 0 unspecified atom stereocenters. The smallest absolute Gasteiger partial charge is 0.123 e. The van der Waals surface area contributed by atoms with E-state index >= 15 is 0 Å². The van der Waals surface area contributed by atoms with Crippen molar-refractivity contribution in [3.8, 4) is 5.75 Å². The summed E-state index contributed by atoms with van der Waals surface area (Å²) >= 11 is 3.45. The van der Waals surface area contributed by atoms with Crippen molar-refractivity contribution in [2.75, 3.05) is 11.9 Å². The zero-order chi connectivity index (χ0) is 13.9. The second-order valence-corrected chi connectivity index (χ2v) is 5.72. The van der Waals surface area contributed by atoms with E-state index in [1.807, 2.05) is 6.92 Å². The second-order valence-electron chi connectivity index (χ2n) is 4.92. The van der Waals surface area contributed by atoms with Crippen molar-refractivity contribution in [2.45, 2.75) is 51.9 Å². The Bertz CT molecular complexity index is 355. The number of hydrogen-bond acceptors (Lipinski definition) is 1. The third kappa shape index (κ3) is 7.56. The fourth-order valence-corrected chi connectivity index (χ4v) is 2.43. The molecule has 0 spiro atoms. The normalized spacial score (nSPS) is 10.7. The molecule has 0 aliphatic carbocycles. The van der Waals surface area contributed by atoms with Gasteiger partial charge in [0.1, 0.15) is 11.6 Å². The lowest BCUT2D eigenvalue weighted by molar-refractivity contribution is 0.302. The van der Waals surface area contributed by atoms with Crippen LogP contribution in [0.1, 0.15) is 50.5 Å². The highest BCUT2D eigenvalue weighted by atomic mass is 79.9. The highest BCUT2D eigenvalue weighted by Gasteiger charge is 2.00. The quantitative estimate of drug-likeness (QED) is 0.398. The van der Waals surface area contributed by atoms with Crippen molar-refractivity contribution in [1.82, 2.24) is 0 Å². The van der Waals surface area contributed by atoms with Gasteiger partial charge in [-0.15, -0.1) is 0 Å². The number of unbranched alkanes of at least 4 members (excludes halogenated alkanes) is 6. The minimum absolute atomic E-state index is 0.201. The molecule has 0 bridgehead atoms. The van der Waals surface area contributed by atoms with Gasteiger partial charge in [0.2, 0.25) is 0 Å². The van der Waals surface area contributed by atoms with Gasteiger partial charge in [0, 0.05) is 5.33 Å². The van der Waals surface area contributed by atoms with Gasteiger partial charge in [-0.2, -0.15) is 0 Å². The minimum Gasteiger partial charge on any atom is -0.493 e. The van der Waals surface area contributed by atoms with Crippen molar-refractivity contribution in [3.05, 3.63) is 29.6 Å². The van der Waals surface area contributed by atoms with E-state index < -0.39 is 0 Å². The van der Waals surface area contributed by atoms with Gasteiger partial charge < -0.3 is 4.74 Å². The molecule has 1 aromatic rings. The van der Waals surface area contributed by atoms with Gasteiger partial charge in [0.15, 0.2) is 0 Å². The first kappa shape index (κ1) is 16.5. The number of rotatable bonds is 10. The Morgan fingerprint density at radius 2 is 1.63 bits per heavy atom. The largest absolute Gasteiger partial charge is 0.493 e. The molecule has 1 aromatic carbocycles. The molecular weight excluding hydrogens is 307 g/mol. The van der Waals surface area contributed by atoms with Crippen molar-refractivity contribution in [1.29, 1.82) is 0 Å². The summed E-state index contributed by atoms with van der Waals surface area (Å²) in [6.45, 7) is 2.61. The first-order valence-corrected chi connectivity index (χ1v) is 8.31. The van der Waals surface area contributed by atoms with Crippen LogP contribution >= 0.6 is 15.9 Å². The molecule has 3 heteroatoms. The molecule has 0 fully saturated rings. The molecule has 19 heavy (non-hydrogen) atoms. The number of aryl methyl sites for hydroxylation is 1. The van der Waals surface area contributed by atoms with E-state index in [9.17, 15) is 4.39 Å². The van der Waals surface area contributed by atoms with Crippen molar-refractivity contribution in [3.63, 3.8) is 0 Å². The molecule has 0 atom stereocenters. The topological polar surface area (TPSA) is 9.23 Å². The molecule has 0 aliphatic rings. The molecule has 1 rings (SSSR count). The molecule has 0 aromatic heterocycles. The van der Waals surface area contributed by atoms with Crippen LogP contribution in [0.2, 0.25) is 0 Å². The molecule has 108 valence electrons. The van der Waals surface area contributed by atoms with E-state index in [4.69, 9.17) is 4.74 Å². The van der Waals surface area contributed by atoms with Gasteiger partial charge in [-0.05, 0) is 43.5 Å². The Hall–Kier alpha value is -0.570. The molecule has 0 aliphatic heterocycles. The van der Waals surface area contributed by atoms with Gasteiger partial charge in [-0.3, -0.25) is 0 Å². The summed E-state index contributed by atoms with van der Waals surface area (Å²) in [6, 6.07) is 4.68. The molecular formula is C16H24BrFO. The van der Waals surface area contributed by atoms with E-state index in [0.29, 0.717) is 0 Å². The van der Waals surface area contributed by atoms with Crippen LogP contribution in [0.25, 0.3) is 0 Å². The van der Waals surface area contributed by atoms with Crippen LogP contribution in [0.5, 0.6) is 5.75 Å². The molecule has 0 saturated heterocycles. The van der Waals surface area contributed by atoms with Gasteiger partial charge >= 0.3 is 0 Å². The Kier molecular flexibility index (Phi) is 8.89. The molecule has 0 radical (unpaired) electrons. The van der Waals surface area contributed by atoms with Crippen LogP contribution in [0.4, 0.5) is 4.39 Å². The van der Waals surface area contributed by atoms with E-state index in [0.717, 1.165) is 29.7 Å². The zero-order valence-corrected chi connectivity index (χ0v) is 13.3. The van der Waals surface area contributed by atoms with Gasteiger partial charge in [-0.1, -0.05) is 48.0 Å². The minimum atomic E-state index is -0.201. The maximum absolute atomic E-state index is 12.9. The first-order valence-electron chi connectivity index (χ1n) is 7.19. The summed E-state index contributed by atoms with van der Waals surface area (Å²) in [5.41, 5.74) is 0.870. The third-order valence-electron chi connectivity index (χ3n) is 3.17. The summed E-state index contributed by atoms with van der Waals surface area (Å²) < 4.78 is 18.6. The maximum Gasteiger partial charge on any atom is 0.123 e. The number of alkyl halides is 1. The standard InChI is InChI=1S/C16H24BrFO/c1-14-13-15(18)9-10-16(14)19-12-8-6-4-2-3-5-7-11-17/h9-10,13H,2-8,11-12H2,1H3. The predicted octanol–water partition coefficient (Wildman–Crippen LogP) is 5.64. The summed E-state index contributed by atoms with van der Waals surface area (Å²) in [4.78, 5) is 0. The van der Waals surface area contributed by atoms with Crippen molar-refractivity contribution in [2.24, 2.45) is 0 Å². The Morgan fingerprint density at radius 3 is 2.26 bits per heavy atom. The summed E-state index contributed by atoms with van der Waals surface area (Å²) in [5, 5.41) is 1.12. The Balaban J connectivity index is 2.01. The van der Waals surface area contributed by atoms with Crippen LogP contribution < -0.4 is 4.74 Å². The number of benzene rings is 1. The van der Waals surface area contributed by atoms with Crippen LogP contribution in [0.15, 0.2) is 18.2 Å². The monoisotopic (exact) mass is 330 g/mol. The van der Waals surface area contributed by atoms with Crippen LogP contribution in [-0.4, -0.2) is 11.9 Å². The first-order chi connectivity index (χ1) is 9.24. The Morgan fingerprint density at radius 1 is 1.00 bits per heavy atom. The lowest BCUT2D eigenvalue weighted by Crippen LogP contribution is -1.99. The lowest BCUT2D eigenvalue weighted by Gasteiger charge is -2.08. The summed E-state index contributed by atoms with van der Waals surface area (Å²) in [7, 11) is 0. The molecule has 0 amide bonds. The predicted molar refractivity (Wildman–Crippen MR) is 82.7 cm³/mol. The molecule has 0 heterocycles. The van der Waals surface area contributed by atoms with E-state index in [1.54, 1.807) is 6.07 Å². The highest BCUT2D eigenvalue weighted by Crippen LogP contribution is 2.18. The van der Waals surface area contributed by atoms with Crippen LogP contribution in [-0.2, 0) is 0 Å². The number of hydrogen-bond donors (Lipinski definition) is 0. The SMILES string of the molecule is Cc1cc(F)ccc1OCCCCCCCCCBr. The van der Waals surface area contributed by atoms with E-state index in [1.165, 1.54) is 50.7 Å². The Labute approximate surface area is 124 Å². The summed E-state index contributed by atoms with van der Waals surface area (Å²) in [6.07, 6.45) is 8.85. The van der Waals surface area contributed by atoms with E-state index in [2.05, 4.69) is 15.9 Å². The van der Waals surface area contributed by atoms with Crippen LogP contribution in [0.3, 0.4) is 0 Å². The van der Waals surface area contributed by atoms with E-state index in [-0.39, 0.29) is 5.82 Å². The molecule has 1 nitrogen and oxygen atoms in total. The van der Waals surface area contributed by atoms with Crippen LogP contribution in [0, 0.1) is 12.7 Å². The van der Waals surface area contributed by atoms with Gasteiger partial charge in [0.05, 0.1) is 6.61 Å². The lowest BCUT2D eigenvalue weighted by atomic mass is 10.1. The van der Waals surface area contributed by atoms with Gasteiger partial charge in [-0.25, -0.2) is 4.39 Å². The average Bonchev–Trinajstić information content (AvgIpc) is 2.39. The average molecular weight is 331 g/mol. The second kappa shape index (κ2) is 10.2. The van der Waals surface area contributed by atoms with Crippen molar-refractivity contribution < 1.29 is 9.13 Å². The van der Waals surface area contributed by atoms with Gasteiger partial charge in [0.25, 0.3) is 0 Å². The van der Waals surface area contributed by atoms with Crippen molar-refractivity contribution >= 4 is 15.9 Å². The number of ether oxygens (including phenoxy) is 1. The fraction of sp³-hybridized carbons (Fsp3) is 0.625. The third-order valence-corrected chi connectivity index (χ3v) is 3.73. The zero-order valence-electron chi connectivity index (χ0n) is 11.8.